The number of aromatic nitrogens is 1. The van der Waals surface area contributed by atoms with Gasteiger partial charge in [0.25, 0.3) is 0 Å². The fourth-order valence-electron chi connectivity index (χ4n) is 1.38. The van der Waals surface area contributed by atoms with Gasteiger partial charge in [0.1, 0.15) is 0 Å². The quantitative estimate of drug-likeness (QED) is 0.738. The monoisotopic (exact) mass is 246 g/mol. The van der Waals surface area contributed by atoms with Gasteiger partial charge >= 0.3 is 0 Å². The first kappa shape index (κ1) is 12.8. The van der Waals surface area contributed by atoms with Crippen molar-refractivity contribution in [2.75, 3.05) is 17.3 Å². The summed E-state index contributed by atoms with van der Waals surface area (Å²) >= 11 is 7.50. The fourth-order valence-corrected chi connectivity index (χ4v) is 2.57. The highest BCUT2D eigenvalue weighted by molar-refractivity contribution is 7.15. The Morgan fingerprint density at radius 3 is 2.47 bits per heavy atom. The van der Waals surface area contributed by atoms with Gasteiger partial charge < -0.3 is 4.90 Å². The summed E-state index contributed by atoms with van der Waals surface area (Å²) < 4.78 is 0. The molecule has 0 fully saturated rings. The zero-order valence-electron chi connectivity index (χ0n) is 9.88. The van der Waals surface area contributed by atoms with Crippen molar-refractivity contribution in [3.05, 3.63) is 10.6 Å². The molecule has 0 aliphatic heterocycles. The van der Waals surface area contributed by atoms with E-state index in [9.17, 15) is 0 Å². The largest absolute Gasteiger partial charge is 0.346 e. The van der Waals surface area contributed by atoms with Crippen LogP contribution in [0.4, 0.5) is 5.13 Å². The molecule has 0 amide bonds. The van der Waals surface area contributed by atoms with Gasteiger partial charge in [0.15, 0.2) is 5.13 Å². The second-order valence-electron chi connectivity index (χ2n) is 3.97. The molecule has 1 heterocycles. The molecule has 0 atom stereocenters. The minimum absolute atomic E-state index is 0.484. The van der Waals surface area contributed by atoms with Crippen LogP contribution in [0.2, 0.25) is 0 Å². The molecule has 0 aromatic carbocycles. The molecule has 0 radical (unpaired) electrons. The number of halogens is 1. The third-order valence-corrected chi connectivity index (χ3v) is 3.80. The van der Waals surface area contributed by atoms with Gasteiger partial charge in [0, 0.05) is 23.3 Å². The van der Waals surface area contributed by atoms with Gasteiger partial charge in [-0.2, -0.15) is 0 Å². The number of anilines is 1. The molecule has 2 nitrogen and oxygen atoms in total. The number of hydrogen-bond acceptors (Lipinski definition) is 3. The number of rotatable bonds is 5. The molecule has 4 heteroatoms. The number of alkyl halides is 1. The first-order valence-electron chi connectivity index (χ1n) is 5.33. The van der Waals surface area contributed by atoms with E-state index in [1.54, 1.807) is 11.3 Å². The minimum Gasteiger partial charge on any atom is -0.346 e. The Bertz CT molecular complexity index is 290. The third-order valence-electron chi connectivity index (χ3n) is 2.42. The second kappa shape index (κ2) is 5.71. The summed E-state index contributed by atoms with van der Waals surface area (Å²) in [5.74, 6) is 0.715. The Balaban J connectivity index is 2.79. The lowest BCUT2D eigenvalue weighted by molar-refractivity contribution is 0.670. The lowest BCUT2D eigenvalue weighted by atomic mass is 10.3. The van der Waals surface area contributed by atoms with Gasteiger partial charge in [-0.3, -0.25) is 0 Å². The van der Waals surface area contributed by atoms with Crippen LogP contribution in [-0.2, 0) is 0 Å². The van der Waals surface area contributed by atoms with E-state index in [-0.39, 0.29) is 0 Å². The van der Waals surface area contributed by atoms with Gasteiger partial charge in [-0.15, -0.1) is 22.9 Å². The van der Waals surface area contributed by atoms with Gasteiger partial charge in [-0.1, -0.05) is 0 Å². The van der Waals surface area contributed by atoms with Gasteiger partial charge in [-0.25, -0.2) is 4.98 Å². The smallest absolute Gasteiger partial charge is 0.185 e. The van der Waals surface area contributed by atoms with E-state index in [1.165, 1.54) is 4.88 Å². The van der Waals surface area contributed by atoms with E-state index in [0.29, 0.717) is 11.9 Å². The molecule has 0 aliphatic rings. The fraction of sp³-hybridized carbons (Fsp3) is 0.727. The Morgan fingerprint density at radius 1 is 1.40 bits per heavy atom. The molecule has 0 bridgehead atoms. The van der Waals surface area contributed by atoms with Crippen LogP contribution in [0.25, 0.3) is 0 Å². The molecule has 0 saturated heterocycles. The maximum atomic E-state index is 5.73. The standard InChI is InChI=1S/C11H19ClN2S/c1-8(2)14(7-5-6-12)11-13-9(3)10(4)15-11/h8H,5-7H2,1-4H3. The highest BCUT2D eigenvalue weighted by atomic mass is 35.5. The van der Waals surface area contributed by atoms with Crippen molar-refractivity contribution in [2.24, 2.45) is 0 Å². The minimum atomic E-state index is 0.484. The van der Waals surface area contributed by atoms with Crippen molar-refractivity contribution in [1.29, 1.82) is 0 Å². The van der Waals surface area contributed by atoms with Crippen molar-refractivity contribution in [2.45, 2.75) is 40.2 Å². The van der Waals surface area contributed by atoms with Crippen LogP contribution in [-0.4, -0.2) is 23.5 Å². The molecule has 0 aliphatic carbocycles. The second-order valence-corrected chi connectivity index (χ2v) is 5.53. The zero-order valence-corrected chi connectivity index (χ0v) is 11.5. The molecule has 0 unspecified atom stereocenters. The maximum Gasteiger partial charge on any atom is 0.185 e. The van der Waals surface area contributed by atoms with Crippen molar-refractivity contribution in [3.8, 4) is 0 Å². The molecule has 1 rings (SSSR count). The van der Waals surface area contributed by atoms with E-state index >= 15 is 0 Å². The average molecular weight is 247 g/mol. The summed E-state index contributed by atoms with van der Waals surface area (Å²) in [6.07, 6.45) is 1.01. The lowest BCUT2D eigenvalue weighted by Gasteiger charge is -2.25. The Kier molecular flexibility index (Phi) is 4.87. The van der Waals surface area contributed by atoms with Crippen molar-refractivity contribution in [1.82, 2.24) is 4.98 Å². The topological polar surface area (TPSA) is 16.1 Å². The van der Waals surface area contributed by atoms with Gasteiger partial charge in [0.2, 0.25) is 0 Å². The molecular weight excluding hydrogens is 228 g/mol. The predicted molar refractivity (Wildman–Crippen MR) is 69.4 cm³/mol. The van der Waals surface area contributed by atoms with E-state index < -0.39 is 0 Å². The molecule has 15 heavy (non-hydrogen) atoms. The van der Waals surface area contributed by atoms with Crippen LogP contribution >= 0.6 is 22.9 Å². The summed E-state index contributed by atoms with van der Waals surface area (Å²) in [6, 6.07) is 0.484. The maximum absolute atomic E-state index is 5.73. The Labute approximate surface area is 101 Å². The molecule has 1 aromatic heterocycles. The van der Waals surface area contributed by atoms with Gasteiger partial charge in [0.05, 0.1) is 5.69 Å². The normalized spacial score (nSPS) is 11.1. The summed E-state index contributed by atoms with van der Waals surface area (Å²) in [4.78, 5) is 8.22. The summed E-state index contributed by atoms with van der Waals surface area (Å²) in [7, 11) is 0. The van der Waals surface area contributed by atoms with Crippen LogP contribution in [0, 0.1) is 13.8 Å². The van der Waals surface area contributed by atoms with E-state index in [4.69, 9.17) is 11.6 Å². The SMILES string of the molecule is Cc1nc(N(CCCCl)C(C)C)sc1C. The van der Waals surface area contributed by atoms with E-state index in [2.05, 4.69) is 37.6 Å². The highest BCUT2D eigenvalue weighted by Crippen LogP contribution is 2.26. The summed E-state index contributed by atoms with van der Waals surface area (Å²) in [5, 5.41) is 1.13. The van der Waals surface area contributed by atoms with E-state index in [0.717, 1.165) is 23.8 Å². The average Bonchev–Trinajstić information content (AvgIpc) is 2.47. The zero-order chi connectivity index (χ0) is 11.4. The molecular formula is C11H19ClN2S. The third kappa shape index (κ3) is 3.35. The first-order chi connectivity index (χ1) is 7.06. The molecule has 0 N–H and O–H groups in total. The van der Waals surface area contributed by atoms with Crippen LogP contribution in [0.5, 0.6) is 0 Å². The van der Waals surface area contributed by atoms with Gasteiger partial charge in [-0.05, 0) is 34.1 Å². The van der Waals surface area contributed by atoms with Crippen LogP contribution in [0.3, 0.4) is 0 Å². The molecule has 0 saturated carbocycles. The number of hydrogen-bond donors (Lipinski definition) is 0. The van der Waals surface area contributed by atoms with Crippen LogP contribution < -0.4 is 4.90 Å². The number of nitrogens with zero attached hydrogens (tertiary/aromatic N) is 2. The van der Waals surface area contributed by atoms with Crippen LogP contribution in [0.1, 0.15) is 30.8 Å². The molecule has 1 aromatic rings. The summed E-state index contributed by atoms with van der Waals surface area (Å²) in [6.45, 7) is 9.57. The number of thiazole rings is 1. The number of aryl methyl sites for hydroxylation is 2. The first-order valence-corrected chi connectivity index (χ1v) is 6.68. The van der Waals surface area contributed by atoms with Crippen molar-refractivity contribution < 1.29 is 0 Å². The Morgan fingerprint density at radius 2 is 2.07 bits per heavy atom. The predicted octanol–water partition coefficient (Wildman–Crippen LogP) is 3.60. The van der Waals surface area contributed by atoms with E-state index in [1.807, 2.05) is 0 Å². The lowest BCUT2D eigenvalue weighted by Crippen LogP contribution is -2.31. The van der Waals surface area contributed by atoms with Crippen molar-refractivity contribution in [3.63, 3.8) is 0 Å². The molecule has 0 spiro atoms. The highest BCUT2D eigenvalue weighted by Gasteiger charge is 2.14. The van der Waals surface area contributed by atoms with Crippen LogP contribution in [0.15, 0.2) is 0 Å². The Hall–Kier alpha value is -0.280. The summed E-state index contributed by atoms with van der Waals surface area (Å²) in [5.41, 5.74) is 1.14. The molecule has 86 valence electrons. The van der Waals surface area contributed by atoms with Crippen molar-refractivity contribution >= 4 is 28.1 Å².